The molecule has 2 aromatic rings. The second kappa shape index (κ2) is 6.08. The zero-order valence-electron chi connectivity index (χ0n) is 12.2. The number of aryl methyl sites for hydroxylation is 1. The van der Waals surface area contributed by atoms with Gasteiger partial charge in [0.05, 0.1) is 0 Å². The molecule has 0 spiro atoms. The molecule has 0 aromatic carbocycles. The fraction of sp³-hybridized carbons (Fsp3) is 0.438. The first-order valence-corrected chi connectivity index (χ1v) is 7.43. The van der Waals surface area contributed by atoms with Crippen molar-refractivity contribution < 1.29 is 4.79 Å². The monoisotopic (exact) mass is 284 g/mol. The van der Waals surface area contributed by atoms with Crippen molar-refractivity contribution in [3.8, 4) is 0 Å². The summed E-state index contributed by atoms with van der Waals surface area (Å²) in [5.74, 6) is 0.551. The maximum atomic E-state index is 12.6. The van der Waals surface area contributed by atoms with Crippen LogP contribution in [0.3, 0.4) is 0 Å². The first-order valence-electron chi connectivity index (χ1n) is 7.43. The summed E-state index contributed by atoms with van der Waals surface area (Å²) in [5, 5.41) is 6.99. The fourth-order valence-corrected chi connectivity index (χ4v) is 2.98. The Morgan fingerprint density at radius 3 is 3.10 bits per heavy atom. The van der Waals surface area contributed by atoms with E-state index in [0.29, 0.717) is 11.6 Å². The van der Waals surface area contributed by atoms with Crippen LogP contribution in [0.1, 0.15) is 34.6 Å². The van der Waals surface area contributed by atoms with Gasteiger partial charge in [-0.1, -0.05) is 6.07 Å². The standard InChI is InChI=1S/C16H20N4O/c1-12-4-2-7-17-15(12)16(21)20-9-3-5-13(11-20)10-14-6-8-18-19-14/h2,4,6-8,13H,3,5,9-11H2,1H3,(H,18,19). The highest BCUT2D eigenvalue weighted by Crippen LogP contribution is 2.21. The summed E-state index contributed by atoms with van der Waals surface area (Å²) < 4.78 is 0. The fourth-order valence-electron chi connectivity index (χ4n) is 2.98. The van der Waals surface area contributed by atoms with Gasteiger partial charge in [-0.2, -0.15) is 5.10 Å². The average molecular weight is 284 g/mol. The minimum atomic E-state index is 0.0578. The van der Waals surface area contributed by atoms with Gasteiger partial charge in [0.15, 0.2) is 0 Å². The predicted octanol–water partition coefficient (Wildman–Crippen LogP) is 2.21. The van der Waals surface area contributed by atoms with E-state index >= 15 is 0 Å². The van der Waals surface area contributed by atoms with Gasteiger partial charge in [-0.3, -0.25) is 14.9 Å². The summed E-state index contributed by atoms with van der Waals surface area (Å²) >= 11 is 0. The van der Waals surface area contributed by atoms with Crippen molar-refractivity contribution in [3.05, 3.63) is 47.5 Å². The molecular weight excluding hydrogens is 264 g/mol. The smallest absolute Gasteiger partial charge is 0.272 e. The van der Waals surface area contributed by atoms with Crippen LogP contribution in [0.25, 0.3) is 0 Å². The number of H-pyrrole nitrogens is 1. The molecule has 1 N–H and O–H groups in total. The highest BCUT2D eigenvalue weighted by atomic mass is 16.2. The summed E-state index contributed by atoms with van der Waals surface area (Å²) in [6, 6.07) is 5.80. The van der Waals surface area contributed by atoms with Crippen molar-refractivity contribution in [1.82, 2.24) is 20.1 Å². The Morgan fingerprint density at radius 2 is 2.33 bits per heavy atom. The Hall–Kier alpha value is -2.17. The molecule has 3 heterocycles. The summed E-state index contributed by atoms with van der Waals surface area (Å²) in [7, 11) is 0. The number of hydrogen-bond donors (Lipinski definition) is 1. The SMILES string of the molecule is Cc1cccnc1C(=O)N1CCCC(Cc2ccn[nH]2)C1. The minimum Gasteiger partial charge on any atom is -0.337 e. The third kappa shape index (κ3) is 3.12. The van der Waals surface area contributed by atoms with E-state index in [2.05, 4.69) is 15.2 Å². The van der Waals surface area contributed by atoms with Crippen molar-refractivity contribution in [1.29, 1.82) is 0 Å². The molecule has 0 saturated carbocycles. The molecule has 1 aliphatic heterocycles. The lowest BCUT2D eigenvalue weighted by molar-refractivity contribution is 0.0666. The number of carbonyl (C=O) groups is 1. The third-order valence-electron chi connectivity index (χ3n) is 4.09. The van der Waals surface area contributed by atoms with E-state index in [9.17, 15) is 4.79 Å². The number of rotatable bonds is 3. The number of hydrogen-bond acceptors (Lipinski definition) is 3. The van der Waals surface area contributed by atoms with Crippen LogP contribution in [-0.4, -0.2) is 39.1 Å². The van der Waals surface area contributed by atoms with Gasteiger partial charge in [-0.25, -0.2) is 0 Å². The van der Waals surface area contributed by atoms with Crippen LogP contribution in [0.15, 0.2) is 30.6 Å². The lowest BCUT2D eigenvalue weighted by Crippen LogP contribution is -2.41. The van der Waals surface area contributed by atoms with Gasteiger partial charge < -0.3 is 4.90 Å². The first kappa shape index (κ1) is 13.8. The van der Waals surface area contributed by atoms with E-state index < -0.39 is 0 Å². The quantitative estimate of drug-likeness (QED) is 0.940. The summed E-state index contributed by atoms with van der Waals surface area (Å²) in [4.78, 5) is 18.8. The van der Waals surface area contributed by atoms with Gasteiger partial charge in [0, 0.05) is 31.2 Å². The maximum absolute atomic E-state index is 12.6. The van der Waals surface area contributed by atoms with Crippen molar-refractivity contribution in [2.45, 2.75) is 26.2 Å². The van der Waals surface area contributed by atoms with E-state index in [1.54, 1.807) is 12.4 Å². The van der Waals surface area contributed by atoms with E-state index in [1.165, 1.54) is 0 Å². The summed E-state index contributed by atoms with van der Waals surface area (Å²) in [5.41, 5.74) is 2.67. The number of aromatic amines is 1. The Kier molecular flexibility index (Phi) is 3.99. The molecular formula is C16H20N4O. The third-order valence-corrected chi connectivity index (χ3v) is 4.09. The van der Waals surface area contributed by atoms with Crippen LogP contribution in [0.4, 0.5) is 0 Å². The Balaban J connectivity index is 1.68. The Bertz CT molecular complexity index is 608. The summed E-state index contributed by atoms with van der Waals surface area (Å²) in [6.07, 6.45) is 6.62. The normalized spacial score (nSPS) is 18.7. The average Bonchev–Trinajstić information content (AvgIpc) is 3.00. The Labute approximate surface area is 124 Å². The molecule has 1 fully saturated rings. The molecule has 0 radical (unpaired) electrons. The largest absolute Gasteiger partial charge is 0.337 e. The molecule has 3 rings (SSSR count). The Morgan fingerprint density at radius 1 is 1.43 bits per heavy atom. The van der Waals surface area contributed by atoms with E-state index in [1.807, 2.05) is 30.0 Å². The number of carbonyl (C=O) groups excluding carboxylic acids is 1. The van der Waals surface area contributed by atoms with Gasteiger partial charge in [0.2, 0.25) is 0 Å². The van der Waals surface area contributed by atoms with Gasteiger partial charge in [-0.05, 0) is 49.8 Å². The molecule has 5 heteroatoms. The molecule has 1 aliphatic rings. The molecule has 1 saturated heterocycles. The molecule has 1 amide bonds. The molecule has 0 bridgehead atoms. The number of aromatic nitrogens is 3. The number of amides is 1. The van der Waals surface area contributed by atoms with Crippen LogP contribution >= 0.6 is 0 Å². The molecule has 0 aliphatic carbocycles. The highest BCUT2D eigenvalue weighted by molar-refractivity contribution is 5.93. The van der Waals surface area contributed by atoms with Crippen LogP contribution in [0, 0.1) is 12.8 Å². The van der Waals surface area contributed by atoms with E-state index in [4.69, 9.17) is 0 Å². The lowest BCUT2D eigenvalue weighted by atomic mass is 9.93. The second-order valence-electron chi connectivity index (χ2n) is 5.71. The highest BCUT2D eigenvalue weighted by Gasteiger charge is 2.26. The van der Waals surface area contributed by atoms with E-state index in [0.717, 1.165) is 43.6 Å². The van der Waals surface area contributed by atoms with Gasteiger partial charge in [-0.15, -0.1) is 0 Å². The van der Waals surface area contributed by atoms with E-state index in [-0.39, 0.29) is 5.91 Å². The molecule has 1 unspecified atom stereocenters. The molecule has 1 atom stereocenters. The maximum Gasteiger partial charge on any atom is 0.272 e. The van der Waals surface area contributed by atoms with Crippen molar-refractivity contribution in [2.75, 3.05) is 13.1 Å². The molecule has 2 aromatic heterocycles. The molecule has 5 nitrogen and oxygen atoms in total. The van der Waals surface area contributed by atoms with Crippen LogP contribution < -0.4 is 0 Å². The van der Waals surface area contributed by atoms with Crippen molar-refractivity contribution in [3.63, 3.8) is 0 Å². The first-order chi connectivity index (χ1) is 10.2. The number of likely N-dealkylation sites (tertiary alicyclic amines) is 1. The number of nitrogens with zero attached hydrogens (tertiary/aromatic N) is 3. The molecule has 21 heavy (non-hydrogen) atoms. The summed E-state index contributed by atoms with van der Waals surface area (Å²) in [6.45, 7) is 3.56. The molecule has 110 valence electrons. The minimum absolute atomic E-state index is 0.0578. The van der Waals surface area contributed by atoms with Crippen LogP contribution in [-0.2, 0) is 6.42 Å². The predicted molar refractivity (Wildman–Crippen MR) is 79.9 cm³/mol. The lowest BCUT2D eigenvalue weighted by Gasteiger charge is -2.32. The second-order valence-corrected chi connectivity index (χ2v) is 5.71. The van der Waals surface area contributed by atoms with Gasteiger partial charge in [0.1, 0.15) is 5.69 Å². The zero-order chi connectivity index (χ0) is 14.7. The van der Waals surface area contributed by atoms with Gasteiger partial charge in [0.25, 0.3) is 5.91 Å². The topological polar surface area (TPSA) is 61.9 Å². The number of piperidine rings is 1. The van der Waals surface area contributed by atoms with Crippen LogP contribution in [0.5, 0.6) is 0 Å². The number of nitrogens with one attached hydrogen (secondary N) is 1. The van der Waals surface area contributed by atoms with Gasteiger partial charge >= 0.3 is 0 Å². The van der Waals surface area contributed by atoms with Crippen LogP contribution in [0.2, 0.25) is 0 Å². The number of pyridine rings is 1. The van der Waals surface area contributed by atoms with Crippen molar-refractivity contribution >= 4 is 5.91 Å². The van der Waals surface area contributed by atoms with Crippen molar-refractivity contribution in [2.24, 2.45) is 5.92 Å². The zero-order valence-corrected chi connectivity index (χ0v) is 12.2.